The molecule has 23 heavy (non-hydrogen) atoms. The van der Waals surface area contributed by atoms with Crippen molar-refractivity contribution in [2.45, 2.75) is 38.5 Å². The largest absolute Gasteiger partial charge is 0.357 e. The van der Waals surface area contributed by atoms with Gasteiger partial charge in [0.15, 0.2) is 0 Å². The van der Waals surface area contributed by atoms with Crippen LogP contribution in [-0.2, 0) is 21.4 Å². The lowest BCUT2D eigenvalue weighted by Crippen LogP contribution is -2.31. The molecule has 2 amide bonds. The zero-order valence-corrected chi connectivity index (χ0v) is 13.7. The first-order chi connectivity index (χ1) is 10.9. The number of aromatic amines is 1. The first kappa shape index (κ1) is 15.5. The van der Waals surface area contributed by atoms with Gasteiger partial charge in [0.1, 0.15) is 0 Å². The van der Waals surface area contributed by atoms with Crippen molar-refractivity contribution in [1.82, 2.24) is 9.88 Å². The summed E-state index contributed by atoms with van der Waals surface area (Å²) >= 11 is 0. The second kappa shape index (κ2) is 5.69. The molecule has 1 aromatic heterocycles. The number of benzene rings is 1. The Morgan fingerprint density at radius 3 is 2.52 bits per heavy atom. The minimum atomic E-state index is -0.201. The third-order valence-corrected chi connectivity index (χ3v) is 4.71. The molecule has 0 bridgehead atoms. The van der Waals surface area contributed by atoms with Crippen molar-refractivity contribution >= 4 is 22.7 Å². The average molecular weight is 310 g/mol. The van der Waals surface area contributed by atoms with Gasteiger partial charge in [-0.05, 0) is 18.1 Å². The number of imide groups is 1. The molecule has 1 aromatic carbocycles. The van der Waals surface area contributed by atoms with Crippen LogP contribution in [0.25, 0.3) is 10.9 Å². The topological polar surface area (TPSA) is 53.2 Å². The molecule has 1 saturated heterocycles. The Labute approximate surface area is 136 Å². The number of fused-ring (bicyclic) bond motifs is 1. The predicted molar refractivity (Wildman–Crippen MR) is 91.2 cm³/mol. The second-order valence-electron chi connectivity index (χ2n) is 6.64. The molecule has 1 N–H and O–H groups in total. The van der Waals surface area contributed by atoms with E-state index in [1.165, 1.54) is 4.90 Å². The molecule has 0 atom stereocenters. The molecule has 0 unspecified atom stereocenters. The van der Waals surface area contributed by atoms with E-state index in [9.17, 15) is 9.59 Å². The first-order valence-electron chi connectivity index (χ1n) is 8.01. The number of aromatic nitrogens is 1. The monoisotopic (exact) mass is 310 g/mol. The van der Waals surface area contributed by atoms with Gasteiger partial charge in [-0.1, -0.05) is 38.1 Å². The summed E-state index contributed by atoms with van der Waals surface area (Å²) in [4.78, 5) is 28.5. The number of rotatable bonds is 5. The first-order valence-corrected chi connectivity index (χ1v) is 8.01. The number of hydrogen-bond donors (Lipinski definition) is 1. The molecule has 4 heteroatoms. The molecule has 120 valence electrons. The smallest absolute Gasteiger partial charge is 0.229 e. The molecular formula is C19H22N2O2. The molecule has 1 aliphatic heterocycles. The van der Waals surface area contributed by atoms with Gasteiger partial charge in [-0.25, -0.2) is 0 Å². The van der Waals surface area contributed by atoms with Crippen molar-refractivity contribution < 1.29 is 9.59 Å². The Bertz CT molecular complexity index is 770. The normalized spacial score (nSPS) is 15.7. The van der Waals surface area contributed by atoms with Crippen molar-refractivity contribution in [3.05, 3.63) is 48.2 Å². The lowest BCUT2D eigenvalue weighted by molar-refractivity contribution is -0.138. The lowest BCUT2D eigenvalue weighted by Gasteiger charge is -2.22. The van der Waals surface area contributed by atoms with Gasteiger partial charge in [-0.15, -0.1) is 6.58 Å². The van der Waals surface area contributed by atoms with Crippen LogP contribution in [-0.4, -0.2) is 28.2 Å². The molecule has 0 saturated carbocycles. The van der Waals surface area contributed by atoms with E-state index in [2.05, 4.69) is 31.5 Å². The van der Waals surface area contributed by atoms with Gasteiger partial charge in [0.25, 0.3) is 0 Å². The summed E-state index contributed by atoms with van der Waals surface area (Å²) in [6, 6.07) is 8.14. The van der Waals surface area contributed by atoms with Crippen LogP contribution in [0.3, 0.4) is 0 Å². The predicted octanol–water partition coefficient (Wildman–Crippen LogP) is 3.32. The van der Waals surface area contributed by atoms with E-state index in [1.54, 1.807) is 0 Å². The van der Waals surface area contributed by atoms with E-state index in [4.69, 9.17) is 0 Å². The second-order valence-corrected chi connectivity index (χ2v) is 6.64. The van der Waals surface area contributed by atoms with Gasteiger partial charge >= 0.3 is 0 Å². The third-order valence-electron chi connectivity index (χ3n) is 4.71. The fraction of sp³-hybridized carbons (Fsp3) is 0.368. The summed E-state index contributed by atoms with van der Waals surface area (Å²) in [5.41, 5.74) is 3.14. The van der Waals surface area contributed by atoms with Gasteiger partial charge in [0.2, 0.25) is 11.8 Å². The molecule has 2 aromatic rings. The van der Waals surface area contributed by atoms with E-state index >= 15 is 0 Å². The molecule has 4 nitrogen and oxygen atoms in total. The molecule has 1 fully saturated rings. The van der Waals surface area contributed by atoms with Crippen molar-refractivity contribution in [1.29, 1.82) is 0 Å². The highest BCUT2D eigenvalue weighted by Crippen LogP contribution is 2.33. The molecule has 0 aliphatic carbocycles. The van der Waals surface area contributed by atoms with E-state index in [0.717, 1.165) is 22.2 Å². The summed E-state index contributed by atoms with van der Waals surface area (Å²) < 4.78 is 0. The summed E-state index contributed by atoms with van der Waals surface area (Å²) in [5, 5.41) is 1.15. The third kappa shape index (κ3) is 2.69. The summed E-state index contributed by atoms with van der Waals surface area (Å²) in [7, 11) is 0. The zero-order valence-electron chi connectivity index (χ0n) is 13.7. The fourth-order valence-electron chi connectivity index (χ4n) is 3.21. The highest BCUT2D eigenvalue weighted by Gasteiger charge is 2.30. The summed E-state index contributed by atoms with van der Waals surface area (Å²) in [5.74, 6) is -0.112. The minimum Gasteiger partial charge on any atom is -0.357 e. The number of likely N-dealkylation sites (tertiary alicyclic amines) is 1. The van der Waals surface area contributed by atoms with Crippen LogP contribution in [0.4, 0.5) is 0 Å². The Morgan fingerprint density at radius 2 is 1.87 bits per heavy atom. The maximum atomic E-state index is 11.8. The Hall–Kier alpha value is -2.36. The molecule has 0 radical (unpaired) electrons. The number of nitrogens with zero attached hydrogens (tertiary/aromatic N) is 1. The highest BCUT2D eigenvalue weighted by molar-refractivity contribution is 6.02. The van der Waals surface area contributed by atoms with Crippen molar-refractivity contribution in [2.75, 3.05) is 6.54 Å². The number of carbonyl (C=O) groups is 2. The van der Waals surface area contributed by atoms with Crippen LogP contribution < -0.4 is 0 Å². The maximum absolute atomic E-state index is 11.8. The average Bonchev–Trinajstić information content (AvgIpc) is 3.07. The van der Waals surface area contributed by atoms with Crippen LogP contribution >= 0.6 is 0 Å². The quantitative estimate of drug-likeness (QED) is 0.680. The zero-order chi connectivity index (χ0) is 16.6. The molecule has 0 spiro atoms. The Morgan fingerprint density at radius 1 is 1.22 bits per heavy atom. The number of hydrogen-bond acceptors (Lipinski definition) is 2. The number of amides is 2. The van der Waals surface area contributed by atoms with Gasteiger partial charge in [0, 0.05) is 41.4 Å². The van der Waals surface area contributed by atoms with Gasteiger partial charge in [0.05, 0.1) is 0 Å². The Balaban J connectivity index is 1.98. The van der Waals surface area contributed by atoms with E-state index in [-0.39, 0.29) is 17.2 Å². The maximum Gasteiger partial charge on any atom is 0.229 e. The number of para-hydroxylation sites is 1. The SMILES string of the molecule is C=CC(C)(C)c1[nH]c2ccccc2c1CCN1C(=O)CCC1=O. The fourth-order valence-corrected chi connectivity index (χ4v) is 3.21. The lowest BCUT2D eigenvalue weighted by atomic mass is 9.86. The number of H-pyrrole nitrogens is 1. The van der Waals surface area contributed by atoms with Crippen LogP contribution in [0.5, 0.6) is 0 Å². The summed E-state index contributed by atoms with van der Waals surface area (Å²) in [6.45, 7) is 8.61. The van der Waals surface area contributed by atoms with Crippen LogP contribution in [0, 0.1) is 0 Å². The molecule has 3 rings (SSSR count). The van der Waals surface area contributed by atoms with Crippen LogP contribution in [0.1, 0.15) is 37.9 Å². The van der Waals surface area contributed by atoms with Crippen molar-refractivity contribution in [2.24, 2.45) is 0 Å². The highest BCUT2D eigenvalue weighted by atomic mass is 16.2. The molecular weight excluding hydrogens is 288 g/mol. The van der Waals surface area contributed by atoms with E-state index < -0.39 is 0 Å². The van der Waals surface area contributed by atoms with Crippen LogP contribution in [0.15, 0.2) is 36.9 Å². The van der Waals surface area contributed by atoms with Gasteiger partial charge in [-0.3, -0.25) is 14.5 Å². The minimum absolute atomic E-state index is 0.0561. The number of nitrogens with one attached hydrogen (secondary N) is 1. The van der Waals surface area contributed by atoms with Gasteiger partial charge < -0.3 is 4.98 Å². The molecule has 1 aliphatic rings. The Kier molecular flexibility index (Phi) is 3.84. The van der Waals surface area contributed by atoms with Gasteiger partial charge in [-0.2, -0.15) is 0 Å². The van der Waals surface area contributed by atoms with E-state index in [0.29, 0.717) is 25.8 Å². The van der Waals surface area contributed by atoms with Crippen molar-refractivity contribution in [3.8, 4) is 0 Å². The van der Waals surface area contributed by atoms with E-state index in [1.807, 2.05) is 24.3 Å². The van der Waals surface area contributed by atoms with Crippen molar-refractivity contribution in [3.63, 3.8) is 0 Å². The standard InChI is InChI=1S/C19H22N2O2/c1-4-19(2,3)18-14(13-7-5-6-8-15(13)20-18)11-12-21-16(22)9-10-17(21)23/h4-8,20H,1,9-12H2,2-3H3. The van der Waals surface area contributed by atoms with Crippen LogP contribution in [0.2, 0.25) is 0 Å². The number of carbonyl (C=O) groups excluding carboxylic acids is 2. The number of allylic oxidation sites excluding steroid dienone is 1. The molecule has 2 heterocycles. The summed E-state index contributed by atoms with van der Waals surface area (Å²) in [6.07, 6.45) is 3.27.